The number of aromatic nitrogens is 2. The number of H-pyrrole nitrogens is 1. The van der Waals surface area contributed by atoms with Crippen molar-refractivity contribution >= 4 is 28.9 Å². The van der Waals surface area contributed by atoms with Gasteiger partial charge in [-0.25, -0.2) is 0 Å². The molecule has 0 atom stereocenters. The van der Waals surface area contributed by atoms with Crippen LogP contribution < -0.4 is 0 Å². The van der Waals surface area contributed by atoms with Crippen molar-refractivity contribution in [3.8, 4) is 0 Å². The van der Waals surface area contributed by atoms with Gasteiger partial charge in [0.05, 0.1) is 21.6 Å². The van der Waals surface area contributed by atoms with Gasteiger partial charge in [-0.1, -0.05) is 17.7 Å². The first kappa shape index (κ1) is 15.6. The molecule has 0 saturated carbocycles. The van der Waals surface area contributed by atoms with E-state index in [1.54, 1.807) is 12.1 Å². The smallest absolute Gasteiger partial charge is 0.356 e. The van der Waals surface area contributed by atoms with Crippen molar-refractivity contribution < 1.29 is 18.0 Å². The Kier molecular flexibility index (Phi) is 3.85. The number of nitrogens with one attached hydrogen (secondary N) is 1. The van der Waals surface area contributed by atoms with E-state index in [2.05, 4.69) is 9.97 Å². The minimum absolute atomic E-state index is 0.245. The Morgan fingerprint density at radius 2 is 2.00 bits per heavy atom. The predicted molar refractivity (Wildman–Crippen MR) is 80.7 cm³/mol. The zero-order valence-electron chi connectivity index (χ0n) is 11.6. The summed E-state index contributed by atoms with van der Waals surface area (Å²) in [5.74, 6) is 0. The molecular weight excluding hydrogens is 329 g/mol. The zero-order valence-corrected chi connectivity index (χ0v) is 12.4. The number of aromatic amines is 1. The first-order valence-electron chi connectivity index (χ1n) is 6.66. The standard InChI is InChI=1S/C16H10ClF3N2O/c17-13-2-1-9(6-12(13)16(18,19)20)5-11-7-14-15(22-11)10(8-23)3-4-21-14/h1-4,6-8,22H,5H2. The van der Waals surface area contributed by atoms with Crippen molar-refractivity contribution in [2.75, 3.05) is 0 Å². The molecule has 0 fully saturated rings. The third-order valence-electron chi connectivity index (χ3n) is 3.47. The average Bonchev–Trinajstić information content (AvgIpc) is 2.90. The number of rotatable bonds is 3. The van der Waals surface area contributed by atoms with Crippen LogP contribution in [-0.4, -0.2) is 16.3 Å². The van der Waals surface area contributed by atoms with Gasteiger partial charge in [0, 0.05) is 23.9 Å². The van der Waals surface area contributed by atoms with E-state index in [0.717, 1.165) is 6.07 Å². The van der Waals surface area contributed by atoms with Crippen molar-refractivity contribution in [3.05, 3.63) is 63.9 Å². The Balaban J connectivity index is 1.98. The summed E-state index contributed by atoms with van der Waals surface area (Å²) in [6.45, 7) is 0. The summed E-state index contributed by atoms with van der Waals surface area (Å²) in [5, 5.41) is -0.331. The highest BCUT2D eigenvalue weighted by molar-refractivity contribution is 6.31. The molecule has 2 heterocycles. The predicted octanol–water partition coefficient (Wildman–Crippen LogP) is 4.64. The lowest BCUT2D eigenvalue weighted by Crippen LogP contribution is -2.06. The lowest BCUT2D eigenvalue weighted by molar-refractivity contribution is -0.137. The van der Waals surface area contributed by atoms with E-state index in [1.807, 2.05) is 0 Å². The van der Waals surface area contributed by atoms with E-state index in [-0.39, 0.29) is 11.4 Å². The highest BCUT2D eigenvalue weighted by Gasteiger charge is 2.33. The van der Waals surface area contributed by atoms with Crippen LogP contribution in [0.4, 0.5) is 13.2 Å². The third-order valence-corrected chi connectivity index (χ3v) is 3.80. The molecule has 0 aliphatic rings. The summed E-state index contributed by atoms with van der Waals surface area (Å²) in [7, 11) is 0. The molecule has 118 valence electrons. The van der Waals surface area contributed by atoms with Crippen LogP contribution in [0, 0.1) is 0 Å². The van der Waals surface area contributed by atoms with Crippen molar-refractivity contribution in [1.29, 1.82) is 0 Å². The molecule has 1 aromatic carbocycles. The van der Waals surface area contributed by atoms with E-state index >= 15 is 0 Å². The highest BCUT2D eigenvalue weighted by Crippen LogP contribution is 2.35. The van der Waals surface area contributed by atoms with Crippen LogP contribution in [0.3, 0.4) is 0 Å². The molecule has 0 aliphatic carbocycles. The first-order chi connectivity index (χ1) is 10.9. The number of carbonyl (C=O) groups excluding carboxylic acids is 1. The van der Waals surface area contributed by atoms with Gasteiger partial charge in [-0.05, 0) is 29.8 Å². The Morgan fingerprint density at radius 3 is 2.70 bits per heavy atom. The molecule has 0 unspecified atom stereocenters. The average molecular weight is 339 g/mol. The van der Waals surface area contributed by atoms with Gasteiger partial charge in [-0.2, -0.15) is 13.2 Å². The summed E-state index contributed by atoms with van der Waals surface area (Å²) < 4.78 is 38.7. The molecule has 0 aliphatic heterocycles. The third kappa shape index (κ3) is 3.07. The molecule has 1 N–H and O–H groups in total. The number of aldehydes is 1. The van der Waals surface area contributed by atoms with Crippen molar-refractivity contribution in [2.45, 2.75) is 12.6 Å². The molecule has 7 heteroatoms. The topological polar surface area (TPSA) is 45.8 Å². The molecule has 0 amide bonds. The van der Waals surface area contributed by atoms with Gasteiger partial charge in [-0.3, -0.25) is 9.78 Å². The van der Waals surface area contributed by atoms with Crippen LogP contribution in [0.25, 0.3) is 11.0 Å². The maximum absolute atomic E-state index is 12.9. The lowest BCUT2D eigenvalue weighted by Gasteiger charge is -2.10. The van der Waals surface area contributed by atoms with E-state index in [4.69, 9.17) is 11.6 Å². The fraction of sp³-hybridized carbons (Fsp3) is 0.125. The molecule has 3 aromatic rings. The van der Waals surface area contributed by atoms with Gasteiger partial charge in [0.2, 0.25) is 0 Å². The van der Waals surface area contributed by atoms with Gasteiger partial charge in [0.25, 0.3) is 0 Å². The lowest BCUT2D eigenvalue weighted by atomic mass is 10.1. The normalized spacial score (nSPS) is 11.8. The highest BCUT2D eigenvalue weighted by atomic mass is 35.5. The zero-order chi connectivity index (χ0) is 16.6. The first-order valence-corrected chi connectivity index (χ1v) is 7.03. The van der Waals surface area contributed by atoms with E-state index in [0.29, 0.717) is 34.1 Å². The van der Waals surface area contributed by atoms with E-state index in [9.17, 15) is 18.0 Å². The molecular formula is C16H10ClF3N2O. The second kappa shape index (κ2) is 5.70. The maximum Gasteiger partial charge on any atom is 0.417 e. The number of fused-ring (bicyclic) bond motifs is 1. The number of alkyl halides is 3. The SMILES string of the molecule is O=Cc1ccnc2cc(Cc3ccc(Cl)c(C(F)(F)F)c3)[nH]c12. The van der Waals surface area contributed by atoms with E-state index in [1.165, 1.54) is 18.3 Å². The molecule has 0 radical (unpaired) electrons. The van der Waals surface area contributed by atoms with Gasteiger partial charge >= 0.3 is 6.18 Å². The number of hydrogen-bond acceptors (Lipinski definition) is 2. The van der Waals surface area contributed by atoms with Crippen LogP contribution in [-0.2, 0) is 12.6 Å². The number of carbonyl (C=O) groups is 1. The quantitative estimate of drug-likeness (QED) is 0.707. The van der Waals surface area contributed by atoms with Crippen molar-refractivity contribution in [2.24, 2.45) is 0 Å². The van der Waals surface area contributed by atoms with Crippen molar-refractivity contribution in [1.82, 2.24) is 9.97 Å². The van der Waals surface area contributed by atoms with Crippen LogP contribution in [0.2, 0.25) is 5.02 Å². The minimum Gasteiger partial charge on any atom is -0.356 e. The summed E-state index contributed by atoms with van der Waals surface area (Å²) in [6, 6.07) is 7.08. The molecule has 2 aromatic heterocycles. The number of nitrogens with zero attached hydrogens (tertiary/aromatic N) is 1. The van der Waals surface area contributed by atoms with Crippen LogP contribution in [0.15, 0.2) is 36.5 Å². The minimum atomic E-state index is -4.50. The van der Waals surface area contributed by atoms with E-state index < -0.39 is 11.7 Å². The fourth-order valence-electron chi connectivity index (χ4n) is 2.41. The summed E-state index contributed by atoms with van der Waals surface area (Å²) >= 11 is 5.61. The van der Waals surface area contributed by atoms with Crippen LogP contribution in [0.5, 0.6) is 0 Å². The Hall–Kier alpha value is -2.34. The van der Waals surface area contributed by atoms with Crippen LogP contribution in [0.1, 0.15) is 27.2 Å². The molecule has 23 heavy (non-hydrogen) atoms. The number of pyridine rings is 1. The number of benzene rings is 1. The second-order valence-electron chi connectivity index (χ2n) is 5.06. The van der Waals surface area contributed by atoms with Gasteiger partial charge < -0.3 is 4.98 Å². The fourth-order valence-corrected chi connectivity index (χ4v) is 2.64. The van der Waals surface area contributed by atoms with Gasteiger partial charge in [0.1, 0.15) is 0 Å². The molecule has 3 rings (SSSR count). The molecule has 3 nitrogen and oxygen atoms in total. The van der Waals surface area contributed by atoms with Crippen molar-refractivity contribution in [3.63, 3.8) is 0 Å². The Bertz CT molecular complexity index is 887. The summed E-state index contributed by atoms with van der Waals surface area (Å²) in [4.78, 5) is 18.2. The monoisotopic (exact) mass is 338 g/mol. The van der Waals surface area contributed by atoms with Gasteiger partial charge in [0.15, 0.2) is 6.29 Å². The molecule has 0 bridgehead atoms. The maximum atomic E-state index is 12.9. The molecule has 0 spiro atoms. The van der Waals surface area contributed by atoms with Crippen LogP contribution >= 0.6 is 11.6 Å². The summed E-state index contributed by atoms with van der Waals surface area (Å²) in [5.41, 5.74) is 1.88. The largest absolute Gasteiger partial charge is 0.417 e. The Morgan fingerprint density at radius 1 is 1.22 bits per heavy atom. The Labute approximate surface area is 134 Å². The number of hydrogen-bond donors (Lipinski definition) is 1. The number of halogens is 4. The van der Waals surface area contributed by atoms with Gasteiger partial charge in [-0.15, -0.1) is 0 Å². The summed E-state index contributed by atoms with van der Waals surface area (Å²) in [6.07, 6.45) is -2.04. The molecule has 0 saturated heterocycles. The second-order valence-corrected chi connectivity index (χ2v) is 5.47.